The molecule has 1 rings (SSSR count). The van der Waals surface area contributed by atoms with Crippen molar-refractivity contribution in [1.82, 2.24) is 5.16 Å². The zero-order valence-corrected chi connectivity index (χ0v) is 4.66. The van der Waals surface area contributed by atoms with Crippen LogP contribution >= 0.6 is 0 Å². The van der Waals surface area contributed by atoms with Crippen LogP contribution in [0.3, 0.4) is 0 Å². The van der Waals surface area contributed by atoms with Crippen LogP contribution in [-0.4, -0.2) is 5.16 Å². The topological polar surface area (TPSA) is 26.0 Å². The Morgan fingerprint density at radius 1 is 1.88 bits per heavy atom. The smallest absolute Gasteiger partial charge is 0.127 e. The lowest BCUT2D eigenvalue weighted by atomic mass is 10.1. The summed E-state index contributed by atoms with van der Waals surface area (Å²) in [5.41, 5.74) is 0.935. The van der Waals surface area contributed by atoms with Gasteiger partial charge in [0, 0.05) is 5.56 Å². The lowest BCUT2D eigenvalue weighted by Gasteiger charge is -1.92. The maximum absolute atomic E-state index is 5.46. The Kier molecular flexibility index (Phi) is 1.33. The summed E-state index contributed by atoms with van der Waals surface area (Å²) in [5.74, 6) is 0.0289. The van der Waals surface area contributed by atoms with Gasteiger partial charge in [0.2, 0.25) is 0 Å². The van der Waals surface area contributed by atoms with Crippen molar-refractivity contribution in [2.45, 2.75) is 12.8 Å². The minimum absolute atomic E-state index is 0.0289. The standard InChI is InChI=1S/C6H7NO/c1-5(2)6-3-7-8-4-6/h1,3-5H,2H3. The number of hydrogen-bond acceptors (Lipinski definition) is 2. The maximum atomic E-state index is 5.46. The van der Waals surface area contributed by atoms with Crippen molar-refractivity contribution in [2.24, 2.45) is 0 Å². The van der Waals surface area contributed by atoms with E-state index < -0.39 is 0 Å². The van der Waals surface area contributed by atoms with Crippen molar-refractivity contribution in [1.29, 1.82) is 0 Å². The molecule has 0 aliphatic rings. The third-order valence-electron chi connectivity index (χ3n) is 0.977. The van der Waals surface area contributed by atoms with E-state index in [2.05, 4.69) is 9.68 Å². The molecule has 1 aromatic rings. The van der Waals surface area contributed by atoms with Gasteiger partial charge in [-0.25, -0.2) is 0 Å². The molecule has 2 radical (unpaired) electrons. The van der Waals surface area contributed by atoms with E-state index in [1.807, 2.05) is 6.92 Å². The van der Waals surface area contributed by atoms with E-state index in [-0.39, 0.29) is 5.92 Å². The van der Waals surface area contributed by atoms with Crippen molar-refractivity contribution in [3.8, 4) is 0 Å². The third-order valence-corrected chi connectivity index (χ3v) is 0.977. The molecule has 1 aromatic heterocycles. The molecule has 2 heteroatoms. The lowest BCUT2D eigenvalue weighted by Crippen LogP contribution is -1.80. The monoisotopic (exact) mass is 109 g/mol. The molecular formula is C6H7NO. The Morgan fingerprint density at radius 3 is 2.88 bits per heavy atom. The molecule has 42 valence electrons. The molecular weight excluding hydrogens is 102 g/mol. The van der Waals surface area contributed by atoms with Gasteiger partial charge in [-0.05, 0) is 12.8 Å². The third kappa shape index (κ3) is 0.886. The molecule has 0 amide bonds. The van der Waals surface area contributed by atoms with Crippen LogP contribution in [0.2, 0.25) is 0 Å². The molecule has 0 aliphatic carbocycles. The van der Waals surface area contributed by atoms with E-state index in [1.165, 1.54) is 0 Å². The first kappa shape index (κ1) is 5.35. The summed E-state index contributed by atoms with van der Waals surface area (Å²) in [7, 11) is 0. The summed E-state index contributed by atoms with van der Waals surface area (Å²) in [5, 5.41) is 3.49. The fourth-order valence-electron chi connectivity index (χ4n) is 0.438. The van der Waals surface area contributed by atoms with E-state index in [9.17, 15) is 0 Å². The van der Waals surface area contributed by atoms with Crippen LogP contribution in [0.5, 0.6) is 0 Å². The van der Waals surface area contributed by atoms with Gasteiger partial charge in [-0.3, -0.25) is 0 Å². The molecule has 0 saturated carbocycles. The second-order valence-electron chi connectivity index (χ2n) is 1.75. The van der Waals surface area contributed by atoms with Gasteiger partial charge in [0.15, 0.2) is 0 Å². The molecule has 0 aliphatic heterocycles. The zero-order chi connectivity index (χ0) is 5.98. The predicted molar refractivity (Wildman–Crippen MR) is 29.2 cm³/mol. The van der Waals surface area contributed by atoms with Gasteiger partial charge in [-0.2, -0.15) is 0 Å². The SMILES string of the molecule is [CH]C(C)c1cnoc1. The lowest BCUT2D eigenvalue weighted by molar-refractivity contribution is 0.418. The van der Waals surface area contributed by atoms with E-state index >= 15 is 0 Å². The van der Waals surface area contributed by atoms with Crippen LogP contribution in [0.15, 0.2) is 17.0 Å². The molecule has 0 saturated heterocycles. The van der Waals surface area contributed by atoms with Crippen molar-refractivity contribution in [3.05, 3.63) is 24.9 Å². The first-order valence-corrected chi connectivity index (χ1v) is 2.45. The molecule has 0 fully saturated rings. The average Bonchev–Trinajstić information content (AvgIpc) is 2.12. The molecule has 0 aromatic carbocycles. The number of rotatable bonds is 1. The van der Waals surface area contributed by atoms with Crippen LogP contribution in [0.4, 0.5) is 0 Å². The van der Waals surface area contributed by atoms with E-state index in [0.717, 1.165) is 5.56 Å². The van der Waals surface area contributed by atoms with Crippen molar-refractivity contribution < 1.29 is 4.52 Å². The summed E-state index contributed by atoms with van der Waals surface area (Å²) in [6.45, 7) is 7.34. The summed E-state index contributed by atoms with van der Waals surface area (Å²) < 4.78 is 4.55. The van der Waals surface area contributed by atoms with Crippen LogP contribution < -0.4 is 0 Å². The summed E-state index contributed by atoms with van der Waals surface area (Å²) in [6.07, 6.45) is 3.16. The Bertz CT molecular complexity index is 144. The van der Waals surface area contributed by atoms with Gasteiger partial charge in [0.25, 0.3) is 0 Å². The van der Waals surface area contributed by atoms with Gasteiger partial charge in [0.05, 0.1) is 6.20 Å². The van der Waals surface area contributed by atoms with Crippen LogP contribution in [0, 0.1) is 6.92 Å². The zero-order valence-electron chi connectivity index (χ0n) is 4.66. The average molecular weight is 109 g/mol. The molecule has 1 heterocycles. The fraction of sp³-hybridized carbons (Fsp3) is 0.333. The van der Waals surface area contributed by atoms with Crippen LogP contribution in [-0.2, 0) is 0 Å². The normalized spacial score (nSPS) is 10.4. The highest BCUT2D eigenvalue weighted by Gasteiger charge is 1.98. The first-order valence-electron chi connectivity index (χ1n) is 2.45. The van der Waals surface area contributed by atoms with Gasteiger partial charge >= 0.3 is 0 Å². The highest BCUT2D eigenvalue weighted by molar-refractivity contribution is 5.07. The maximum Gasteiger partial charge on any atom is 0.127 e. The number of nitrogens with zero attached hydrogens (tertiary/aromatic N) is 1. The van der Waals surface area contributed by atoms with E-state index in [4.69, 9.17) is 6.92 Å². The van der Waals surface area contributed by atoms with Crippen molar-refractivity contribution in [2.75, 3.05) is 0 Å². The van der Waals surface area contributed by atoms with Crippen molar-refractivity contribution in [3.63, 3.8) is 0 Å². The number of hydrogen-bond donors (Lipinski definition) is 0. The highest BCUT2D eigenvalue weighted by atomic mass is 16.5. The van der Waals surface area contributed by atoms with E-state index in [1.54, 1.807) is 12.5 Å². The van der Waals surface area contributed by atoms with E-state index in [0.29, 0.717) is 0 Å². The largest absolute Gasteiger partial charge is 0.364 e. The Labute approximate surface area is 48.5 Å². The van der Waals surface area contributed by atoms with Gasteiger partial charge in [-0.15, -0.1) is 0 Å². The number of aromatic nitrogens is 1. The molecule has 8 heavy (non-hydrogen) atoms. The van der Waals surface area contributed by atoms with Gasteiger partial charge in [-0.1, -0.05) is 12.1 Å². The summed E-state index contributed by atoms with van der Waals surface area (Å²) in [6, 6.07) is 0. The molecule has 1 unspecified atom stereocenters. The summed E-state index contributed by atoms with van der Waals surface area (Å²) in [4.78, 5) is 0. The second-order valence-corrected chi connectivity index (χ2v) is 1.75. The molecule has 0 spiro atoms. The molecule has 2 nitrogen and oxygen atoms in total. The molecule has 0 bridgehead atoms. The van der Waals surface area contributed by atoms with Crippen molar-refractivity contribution >= 4 is 0 Å². The van der Waals surface area contributed by atoms with Gasteiger partial charge in [0.1, 0.15) is 6.26 Å². The predicted octanol–water partition coefficient (Wildman–Crippen LogP) is 1.49. The molecule has 0 N–H and O–H groups in total. The molecule has 1 atom stereocenters. The summed E-state index contributed by atoms with van der Waals surface area (Å²) >= 11 is 0. The Morgan fingerprint density at radius 2 is 2.62 bits per heavy atom. The second kappa shape index (κ2) is 1.99. The van der Waals surface area contributed by atoms with Gasteiger partial charge < -0.3 is 4.52 Å². The fourth-order valence-corrected chi connectivity index (χ4v) is 0.438. The first-order chi connectivity index (χ1) is 3.80. The Hall–Kier alpha value is -0.790. The van der Waals surface area contributed by atoms with Crippen LogP contribution in [0.25, 0.3) is 0 Å². The minimum Gasteiger partial charge on any atom is -0.364 e. The quantitative estimate of drug-likeness (QED) is 0.546. The Balaban J connectivity index is 2.77. The minimum atomic E-state index is 0.0289. The highest BCUT2D eigenvalue weighted by Crippen LogP contribution is 2.10. The van der Waals surface area contributed by atoms with Crippen LogP contribution in [0.1, 0.15) is 18.4 Å².